The molecule has 0 bridgehead atoms. The van der Waals surface area contributed by atoms with Crippen LogP contribution in [-0.2, 0) is 13.1 Å². The summed E-state index contributed by atoms with van der Waals surface area (Å²) in [6.07, 6.45) is 2.83. The number of hydrogen-bond acceptors (Lipinski definition) is 5. The molecule has 3 rings (SSSR count). The number of rotatable bonds is 5. The van der Waals surface area contributed by atoms with Crippen molar-refractivity contribution in [1.29, 1.82) is 0 Å². The van der Waals surface area contributed by atoms with Crippen LogP contribution in [0.3, 0.4) is 0 Å². The number of anilines is 1. The van der Waals surface area contributed by atoms with Gasteiger partial charge in [0.1, 0.15) is 12.1 Å². The van der Waals surface area contributed by atoms with Gasteiger partial charge >= 0.3 is 0 Å². The van der Waals surface area contributed by atoms with E-state index in [0.29, 0.717) is 6.54 Å². The maximum absolute atomic E-state index is 4.58. The van der Waals surface area contributed by atoms with Crippen LogP contribution in [-0.4, -0.2) is 29.4 Å². The van der Waals surface area contributed by atoms with Gasteiger partial charge in [0.2, 0.25) is 0 Å². The highest BCUT2D eigenvalue weighted by molar-refractivity contribution is 5.55. The normalized spacial score (nSPS) is 11.3. The molecule has 0 aliphatic carbocycles. The first-order valence-electron chi connectivity index (χ1n) is 7.54. The summed E-state index contributed by atoms with van der Waals surface area (Å²) < 4.78 is 3.93. The van der Waals surface area contributed by atoms with Gasteiger partial charge in [-0.1, -0.05) is 6.92 Å². The van der Waals surface area contributed by atoms with Crippen LogP contribution in [0, 0.1) is 20.8 Å². The van der Waals surface area contributed by atoms with Gasteiger partial charge in [-0.15, -0.1) is 10.2 Å². The lowest BCUT2D eigenvalue weighted by molar-refractivity contribution is 0.643. The SMILES string of the molecule is CCCn1cnnc1CNc1cc(C)nc2c(C)c(C)nn12. The van der Waals surface area contributed by atoms with Crippen LogP contribution in [0.15, 0.2) is 12.4 Å². The van der Waals surface area contributed by atoms with Crippen molar-refractivity contribution in [3.63, 3.8) is 0 Å². The minimum atomic E-state index is 0.608. The average Bonchev–Trinajstić information content (AvgIpc) is 3.04. The molecule has 3 heterocycles. The maximum atomic E-state index is 4.58. The summed E-state index contributed by atoms with van der Waals surface area (Å²) in [6, 6.07) is 2.00. The molecule has 0 amide bonds. The van der Waals surface area contributed by atoms with Crippen LogP contribution < -0.4 is 5.32 Å². The Morgan fingerprint density at radius 3 is 2.82 bits per heavy atom. The monoisotopic (exact) mass is 299 g/mol. The lowest BCUT2D eigenvalue weighted by atomic mass is 10.3. The molecule has 7 nitrogen and oxygen atoms in total. The van der Waals surface area contributed by atoms with Crippen molar-refractivity contribution in [3.05, 3.63) is 35.2 Å². The molecule has 0 radical (unpaired) electrons. The summed E-state index contributed by atoms with van der Waals surface area (Å²) in [6.45, 7) is 9.72. The molecule has 0 saturated carbocycles. The highest BCUT2D eigenvalue weighted by Crippen LogP contribution is 2.18. The minimum Gasteiger partial charge on any atom is -0.363 e. The Balaban J connectivity index is 1.90. The smallest absolute Gasteiger partial charge is 0.160 e. The zero-order valence-corrected chi connectivity index (χ0v) is 13.5. The zero-order valence-electron chi connectivity index (χ0n) is 13.5. The van der Waals surface area contributed by atoms with Gasteiger partial charge in [-0.05, 0) is 27.2 Å². The Morgan fingerprint density at radius 1 is 1.23 bits per heavy atom. The second kappa shape index (κ2) is 5.75. The van der Waals surface area contributed by atoms with E-state index >= 15 is 0 Å². The lowest BCUT2D eigenvalue weighted by Gasteiger charge is -2.10. The Bertz CT molecular complexity index is 800. The molecule has 0 unspecified atom stereocenters. The van der Waals surface area contributed by atoms with Gasteiger partial charge in [0.25, 0.3) is 0 Å². The predicted octanol–water partition coefficient (Wildman–Crippen LogP) is 2.27. The summed E-state index contributed by atoms with van der Waals surface area (Å²) in [7, 11) is 0. The number of aromatic nitrogens is 6. The Labute approximate surface area is 129 Å². The number of hydrogen-bond donors (Lipinski definition) is 1. The van der Waals surface area contributed by atoms with Gasteiger partial charge in [0, 0.05) is 23.9 Å². The minimum absolute atomic E-state index is 0.608. The van der Waals surface area contributed by atoms with Crippen LogP contribution in [0.1, 0.15) is 36.1 Å². The topological polar surface area (TPSA) is 72.9 Å². The summed E-state index contributed by atoms with van der Waals surface area (Å²) in [5.41, 5.74) is 3.97. The molecule has 0 aliphatic heterocycles. The average molecular weight is 299 g/mol. The lowest BCUT2D eigenvalue weighted by Crippen LogP contribution is -2.11. The second-order valence-electron chi connectivity index (χ2n) is 5.52. The number of fused-ring (bicyclic) bond motifs is 1. The molecule has 0 spiro atoms. The third kappa shape index (κ3) is 2.54. The van der Waals surface area contributed by atoms with Gasteiger partial charge in [-0.3, -0.25) is 0 Å². The summed E-state index contributed by atoms with van der Waals surface area (Å²) >= 11 is 0. The Morgan fingerprint density at radius 2 is 2.05 bits per heavy atom. The molecule has 116 valence electrons. The van der Waals surface area contributed by atoms with E-state index in [-0.39, 0.29) is 0 Å². The molecule has 3 aromatic rings. The first-order valence-corrected chi connectivity index (χ1v) is 7.54. The molecule has 0 fully saturated rings. The Hall–Kier alpha value is -2.44. The van der Waals surface area contributed by atoms with E-state index in [4.69, 9.17) is 0 Å². The number of nitrogens with zero attached hydrogens (tertiary/aromatic N) is 6. The van der Waals surface area contributed by atoms with Gasteiger partial charge in [-0.2, -0.15) is 9.61 Å². The molecule has 0 aliphatic rings. The molecule has 7 heteroatoms. The first kappa shape index (κ1) is 14.5. The fourth-order valence-electron chi connectivity index (χ4n) is 2.49. The van der Waals surface area contributed by atoms with Gasteiger partial charge < -0.3 is 9.88 Å². The number of nitrogens with one attached hydrogen (secondary N) is 1. The Kier molecular flexibility index (Phi) is 3.79. The third-order valence-corrected chi connectivity index (χ3v) is 3.77. The number of aryl methyl sites for hydroxylation is 4. The fourth-order valence-corrected chi connectivity index (χ4v) is 2.49. The molecule has 1 N–H and O–H groups in total. The van der Waals surface area contributed by atoms with E-state index in [0.717, 1.165) is 47.2 Å². The predicted molar refractivity (Wildman–Crippen MR) is 84.8 cm³/mol. The largest absolute Gasteiger partial charge is 0.363 e. The molecular weight excluding hydrogens is 278 g/mol. The van der Waals surface area contributed by atoms with E-state index < -0.39 is 0 Å². The van der Waals surface area contributed by atoms with E-state index in [9.17, 15) is 0 Å². The van der Waals surface area contributed by atoms with Crippen LogP contribution in [0.2, 0.25) is 0 Å². The fraction of sp³-hybridized carbons (Fsp3) is 0.467. The van der Waals surface area contributed by atoms with E-state index in [1.54, 1.807) is 6.33 Å². The van der Waals surface area contributed by atoms with Gasteiger partial charge in [0.05, 0.1) is 12.2 Å². The molecule has 0 saturated heterocycles. The van der Waals surface area contributed by atoms with Crippen LogP contribution in [0.25, 0.3) is 5.65 Å². The second-order valence-corrected chi connectivity index (χ2v) is 5.52. The third-order valence-electron chi connectivity index (χ3n) is 3.77. The van der Waals surface area contributed by atoms with Crippen LogP contribution >= 0.6 is 0 Å². The van der Waals surface area contributed by atoms with Gasteiger partial charge in [-0.25, -0.2) is 4.98 Å². The molecular formula is C15H21N7. The standard InChI is InChI=1S/C15H21N7/c1-5-6-21-9-17-19-14(21)8-16-13-7-10(2)18-15-11(3)12(4)20-22(13)15/h7,9,16H,5-6,8H2,1-4H3. The van der Waals surface area contributed by atoms with Crippen LogP contribution in [0.5, 0.6) is 0 Å². The zero-order chi connectivity index (χ0) is 15.7. The van der Waals surface area contributed by atoms with Gasteiger partial charge in [0.15, 0.2) is 11.5 Å². The van der Waals surface area contributed by atoms with E-state index in [2.05, 4.69) is 37.1 Å². The highest BCUT2D eigenvalue weighted by Gasteiger charge is 2.11. The molecule has 22 heavy (non-hydrogen) atoms. The van der Waals surface area contributed by atoms with Crippen molar-refractivity contribution in [2.45, 2.75) is 47.2 Å². The van der Waals surface area contributed by atoms with Crippen molar-refractivity contribution in [2.24, 2.45) is 0 Å². The molecule has 3 aromatic heterocycles. The summed E-state index contributed by atoms with van der Waals surface area (Å²) in [5, 5.41) is 16.1. The van der Waals surface area contributed by atoms with Crippen molar-refractivity contribution < 1.29 is 0 Å². The van der Waals surface area contributed by atoms with E-state index in [1.165, 1.54) is 0 Å². The van der Waals surface area contributed by atoms with Crippen molar-refractivity contribution in [3.8, 4) is 0 Å². The molecule has 0 aromatic carbocycles. The highest BCUT2D eigenvalue weighted by atomic mass is 15.3. The summed E-state index contributed by atoms with van der Waals surface area (Å²) in [4.78, 5) is 4.58. The molecule has 0 atom stereocenters. The van der Waals surface area contributed by atoms with Crippen molar-refractivity contribution in [1.82, 2.24) is 29.4 Å². The summed E-state index contributed by atoms with van der Waals surface area (Å²) in [5.74, 6) is 1.84. The first-order chi connectivity index (χ1) is 10.6. The quantitative estimate of drug-likeness (QED) is 0.782. The van der Waals surface area contributed by atoms with Crippen molar-refractivity contribution >= 4 is 11.5 Å². The maximum Gasteiger partial charge on any atom is 0.160 e. The van der Waals surface area contributed by atoms with Crippen molar-refractivity contribution in [2.75, 3.05) is 5.32 Å². The van der Waals surface area contributed by atoms with Crippen LogP contribution in [0.4, 0.5) is 5.82 Å². The van der Waals surface area contributed by atoms with E-state index in [1.807, 2.05) is 31.4 Å².